The SMILES string of the molecule is CCc1ccc(/C=C2\SC(=S)N(c3ccc(Br)c(Cl)c3)C2=O)cc1. The monoisotopic (exact) mass is 437 g/mol. The molecule has 0 radical (unpaired) electrons. The minimum Gasteiger partial charge on any atom is -0.268 e. The van der Waals surface area contributed by atoms with E-state index >= 15 is 0 Å². The van der Waals surface area contributed by atoms with Crippen molar-refractivity contribution in [1.29, 1.82) is 0 Å². The molecule has 1 amide bonds. The molecule has 2 aromatic rings. The van der Waals surface area contributed by atoms with Crippen LogP contribution in [0.3, 0.4) is 0 Å². The fraction of sp³-hybridized carbons (Fsp3) is 0.111. The quantitative estimate of drug-likeness (QED) is 0.428. The summed E-state index contributed by atoms with van der Waals surface area (Å²) >= 11 is 16.2. The molecule has 2 nitrogen and oxygen atoms in total. The van der Waals surface area contributed by atoms with Crippen molar-refractivity contribution in [2.24, 2.45) is 0 Å². The minimum absolute atomic E-state index is 0.122. The van der Waals surface area contributed by atoms with Crippen molar-refractivity contribution in [3.63, 3.8) is 0 Å². The number of benzene rings is 2. The highest BCUT2D eigenvalue weighted by Gasteiger charge is 2.33. The highest BCUT2D eigenvalue weighted by atomic mass is 79.9. The molecule has 0 spiro atoms. The molecule has 1 saturated heterocycles. The van der Waals surface area contributed by atoms with E-state index in [9.17, 15) is 4.79 Å². The van der Waals surface area contributed by atoms with Gasteiger partial charge in [0.1, 0.15) is 0 Å². The van der Waals surface area contributed by atoms with E-state index in [0.717, 1.165) is 16.5 Å². The van der Waals surface area contributed by atoms with E-state index in [4.69, 9.17) is 23.8 Å². The molecule has 24 heavy (non-hydrogen) atoms. The predicted molar refractivity (Wildman–Crippen MR) is 111 cm³/mol. The molecule has 3 rings (SSSR count). The summed E-state index contributed by atoms with van der Waals surface area (Å²) in [5.41, 5.74) is 2.93. The van der Waals surface area contributed by atoms with Crippen LogP contribution in [0.4, 0.5) is 5.69 Å². The van der Waals surface area contributed by atoms with Crippen molar-refractivity contribution in [1.82, 2.24) is 0 Å². The van der Waals surface area contributed by atoms with Crippen LogP contribution in [0.25, 0.3) is 6.08 Å². The van der Waals surface area contributed by atoms with Gasteiger partial charge in [0.05, 0.1) is 15.6 Å². The van der Waals surface area contributed by atoms with Gasteiger partial charge in [0.15, 0.2) is 4.32 Å². The maximum atomic E-state index is 12.7. The van der Waals surface area contributed by atoms with E-state index in [2.05, 4.69) is 35.0 Å². The van der Waals surface area contributed by atoms with Crippen LogP contribution in [0.15, 0.2) is 51.8 Å². The first-order valence-electron chi connectivity index (χ1n) is 7.31. The Hall–Kier alpha value is -1.14. The first kappa shape index (κ1) is 17.7. The van der Waals surface area contributed by atoms with E-state index in [1.165, 1.54) is 22.2 Å². The van der Waals surface area contributed by atoms with Crippen molar-refractivity contribution in [3.8, 4) is 0 Å². The summed E-state index contributed by atoms with van der Waals surface area (Å²) in [4.78, 5) is 14.9. The second-order valence-corrected chi connectivity index (χ2v) is 8.15. The van der Waals surface area contributed by atoms with Crippen LogP contribution in [0, 0.1) is 0 Å². The number of carbonyl (C=O) groups excluding carboxylic acids is 1. The summed E-state index contributed by atoms with van der Waals surface area (Å²) in [6.45, 7) is 2.11. The van der Waals surface area contributed by atoms with Crippen LogP contribution in [-0.2, 0) is 11.2 Å². The van der Waals surface area contributed by atoms with Crippen LogP contribution in [0.1, 0.15) is 18.1 Å². The number of hydrogen-bond donors (Lipinski definition) is 0. The third-order valence-corrected chi connectivity index (χ3v) is 6.18. The van der Waals surface area contributed by atoms with Crippen LogP contribution >= 0.6 is 51.5 Å². The summed E-state index contributed by atoms with van der Waals surface area (Å²) in [7, 11) is 0. The predicted octanol–water partition coefficient (Wildman–Crippen LogP) is 6.07. The molecule has 0 bridgehead atoms. The number of amides is 1. The maximum absolute atomic E-state index is 12.7. The van der Waals surface area contributed by atoms with Gasteiger partial charge in [-0.15, -0.1) is 0 Å². The molecular weight excluding hydrogens is 426 g/mol. The molecule has 0 aromatic heterocycles. The summed E-state index contributed by atoms with van der Waals surface area (Å²) in [5, 5.41) is 0.542. The third-order valence-electron chi connectivity index (χ3n) is 3.64. The van der Waals surface area contributed by atoms with E-state index < -0.39 is 0 Å². The van der Waals surface area contributed by atoms with Gasteiger partial charge >= 0.3 is 0 Å². The number of rotatable bonds is 3. The van der Waals surface area contributed by atoms with Crippen LogP contribution < -0.4 is 4.90 Å². The number of nitrogens with zero attached hydrogens (tertiary/aromatic N) is 1. The zero-order valence-corrected chi connectivity index (χ0v) is 16.7. The second kappa shape index (κ2) is 7.40. The molecule has 0 saturated carbocycles. The number of thioether (sulfide) groups is 1. The van der Waals surface area contributed by atoms with Gasteiger partial charge in [0, 0.05) is 4.47 Å². The van der Waals surface area contributed by atoms with Crippen molar-refractivity contribution >= 4 is 73.5 Å². The Balaban J connectivity index is 1.90. The molecule has 6 heteroatoms. The number of thiocarbonyl (C=S) groups is 1. The first-order valence-corrected chi connectivity index (χ1v) is 9.71. The lowest BCUT2D eigenvalue weighted by Crippen LogP contribution is -2.27. The number of hydrogen-bond acceptors (Lipinski definition) is 3. The van der Waals surface area contributed by atoms with Crippen LogP contribution in [0.5, 0.6) is 0 Å². The zero-order chi connectivity index (χ0) is 17.3. The average molecular weight is 439 g/mol. The third kappa shape index (κ3) is 3.59. The Labute approximate surface area is 164 Å². The topological polar surface area (TPSA) is 20.3 Å². The highest BCUT2D eigenvalue weighted by molar-refractivity contribution is 9.10. The Morgan fingerprint density at radius 1 is 1.25 bits per heavy atom. The largest absolute Gasteiger partial charge is 0.270 e. The molecule has 0 N–H and O–H groups in total. The second-order valence-electron chi connectivity index (χ2n) is 5.21. The number of aryl methyl sites for hydroxylation is 1. The summed E-state index contributed by atoms with van der Waals surface area (Å²) in [6.07, 6.45) is 2.87. The van der Waals surface area contributed by atoms with Gasteiger partial charge in [-0.25, -0.2) is 0 Å². The zero-order valence-electron chi connectivity index (χ0n) is 12.8. The van der Waals surface area contributed by atoms with Gasteiger partial charge in [-0.2, -0.15) is 0 Å². The van der Waals surface area contributed by atoms with E-state index in [1.807, 2.05) is 30.3 Å². The summed E-state index contributed by atoms with van der Waals surface area (Å²) in [5.74, 6) is -0.122. The van der Waals surface area contributed by atoms with E-state index in [0.29, 0.717) is 19.9 Å². The molecule has 1 aliphatic rings. The van der Waals surface area contributed by atoms with Crippen molar-refractivity contribution < 1.29 is 4.79 Å². The average Bonchev–Trinajstić information content (AvgIpc) is 2.85. The lowest BCUT2D eigenvalue weighted by atomic mass is 10.1. The molecule has 1 fully saturated rings. The summed E-state index contributed by atoms with van der Waals surface area (Å²) < 4.78 is 1.29. The van der Waals surface area contributed by atoms with Gasteiger partial charge in [-0.1, -0.05) is 66.8 Å². The van der Waals surface area contributed by atoms with E-state index in [-0.39, 0.29) is 5.91 Å². The van der Waals surface area contributed by atoms with Crippen molar-refractivity contribution in [2.45, 2.75) is 13.3 Å². The van der Waals surface area contributed by atoms with Gasteiger partial charge in [0.2, 0.25) is 0 Å². The van der Waals surface area contributed by atoms with Gasteiger partial charge in [0.25, 0.3) is 5.91 Å². The summed E-state index contributed by atoms with van der Waals surface area (Å²) in [6, 6.07) is 13.5. The number of halogens is 2. The molecule has 0 atom stereocenters. The fourth-order valence-electron chi connectivity index (χ4n) is 2.32. The number of carbonyl (C=O) groups is 1. The normalized spacial score (nSPS) is 16.3. The van der Waals surface area contributed by atoms with Gasteiger partial charge < -0.3 is 0 Å². The van der Waals surface area contributed by atoms with E-state index in [1.54, 1.807) is 6.07 Å². The standard InChI is InChI=1S/C18H13BrClNOS2/c1-2-11-3-5-12(6-4-11)9-16-17(22)21(18(23)24-16)13-7-8-14(19)15(20)10-13/h3-10H,2H2,1H3/b16-9-. The van der Waals surface area contributed by atoms with Crippen molar-refractivity contribution in [3.05, 3.63) is 68.0 Å². The molecule has 2 aromatic carbocycles. The Bertz CT molecular complexity index is 849. The smallest absolute Gasteiger partial charge is 0.268 e. The molecule has 0 aliphatic carbocycles. The maximum Gasteiger partial charge on any atom is 0.270 e. The fourth-order valence-corrected chi connectivity index (χ4v) is 4.04. The molecular formula is C18H13BrClNOS2. The highest BCUT2D eigenvalue weighted by Crippen LogP contribution is 2.37. The Morgan fingerprint density at radius 2 is 1.96 bits per heavy atom. The molecule has 1 heterocycles. The lowest BCUT2D eigenvalue weighted by Gasteiger charge is -2.15. The lowest BCUT2D eigenvalue weighted by molar-refractivity contribution is -0.113. The van der Waals surface area contributed by atoms with Gasteiger partial charge in [-0.3, -0.25) is 9.69 Å². The Kier molecular flexibility index (Phi) is 5.45. The Morgan fingerprint density at radius 3 is 2.58 bits per heavy atom. The van der Waals surface area contributed by atoms with Crippen molar-refractivity contribution in [2.75, 3.05) is 4.90 Å². The number of anilines is 1. The van der Waals surface area contributed by atoms with Crippen LogP contribution in [-0.4, -0.2) is 10.2 Å². The minimum atomic E-state index is -0.122. The van der Waals surface area contributed by atoms with Gasteiger partial charge in [-0.05, 0) is 57.8 Å². The first-order chi connectivity index (χ1) is 11.5. The molecule has 0 unspecified atom stereocenters. The van der Waals surface area contributed by atoms with Crippen LogP contribution in [0.2, 0.25) is 5.02 Å². The molecule has 1 aliphatic heterocycles. The molecule has 122 valence electrons.